The van der Waals surface area contributed by atoms with Gasteiger partial charge < -0.3 is 0 Å². The first-order valence-electron chi connectivity index (χ1n) is 1.70. The van der Waals surface area contributed by atoms with Gasteiger partial charge in [0.05, 0.1) is 0 Å². The van der Waals surface area contributed by atoms with Crippen LogP contribution in [0.4, 0.5) is 0 Å². The van der Waals surface area contributed by atoms with Crippen molar-refractivity contribution in [1.82, 2.24) is 0 Å². The van der Waals surface area contributed by atoms with Crippen LogP contribution < -0.4 is 0 Å². The molecular formula is C3H6Cl2Si. The van der Waals surface area contributed by atoms with Gasteiger partial charge in [-0.3, -0.25) is 0 Å². The molecule has 0 aliphatic heterocycles. The number of hydrogen-bond donors (Lipinski definition) is 0. The Bertz CT molecular complexity index is 30.0. The minimum atomic E-state index is -0.145. The predicted octanol–water partition coefficient (Wildman–Crippen LogP) is 1.96. The summed E-state index contributed by atoms with van der Waals surface area (Å²) in [5.41, 5.74) is 0. The third kappa shape index (κ3) is 4.80. The molecule has 0 fully saturated rings. The minimum Gasteiger partial charge on any atom is -0.106 e. The maximum Gasteiger partial charge on any atom is 0.105 e. The van der Waals surface area contributed by atoms with E-state index >= 15 is 0 Å². The lowest BCUT2D eigenvalue weighted by Crippen LogP contribution is -1.88. The summed E-state index contributed by atoms with van der Waals surface area (Å²) in [4.78, 5) is -0.145. The van der Waals surface area contributed by atoms with Crippen molar-refractivity contribution in [1.29, 1.82) is 0 Å². The SMILES string of the molecule is C[Si]CC(Cl)Cl. The molecule has 0 aromatic heterocycles. The summed E-state index contributed by atoms with van der Waals surface area (Å²) in [7, 11) is 0.874. The number of halogens is 2. The van der Waals surface area contributed by atoms with Crippen LogP contribution in [0.3, 0.4) is 0 Å². The topological polar surface area (TPSA) is 0 Å². The van der Waals surface area contributed by atoms with Gasteiger partial charge >= 0.3 is 0 Å². The maximum atomic E-state index is 5.35. The van der Waals surface area contributed by atoms with E-state index in [9.17, 15) is 0 Å². The lowest BCUT2D eigenvalue weighted by molar-refractivity contribution is 1.35. The van der Waals surface area contributed by atoms with E-state index in [1.54, 1.807) is 0 Å². The number of rotatable bonds is 2. The Labute approximate surface area is 50.7 Å². The van der Waals surface area contributed by atoms with Crippen LogP contribution in [0.25, 0.3) is 0 Å². The normalized spacial score (nSPS) is 10.0. The van der Waals surface area contributed by atoms with Crippen molar-refractivity contribution >= 4 is 32.7 Å². The molecule has 0 aromatic carbocycles. The second-order valence-corrected chi connectivity index (χ2v) is 3.34. The van der Waals surface area contributed by atoms with Gasteiger partial charge in [-0.2, -0.15) is 0 Å². The van der Waals surface area contributed by atoms with Crippen LogP contribution in [0.15, 0.2) is 0 Å². The zero-order valence-corrected chi connectivity index (χ0v) is 6.05. The van der Waals surface area contributed by atoms with Crippen molar-refractivity contribution in [2.75, 3.05) is 0 Å². The van der Waals surface area contributed by atoms with Crippen molar-refractivity contribution in [2.45, 2.75) is 17.4 Å². The highest BCUT2D eigenvalue weighted by Gasteiger charge is 1.92. The quantitative estimate of drug-likeness (QED) is 0.407. The molecule has 0 spiro atoms. The lowest BCUT2D eigenvalue weighted by Gasteiger charge is -1.89. The molecule has 0 heterocycles. The zero-order valence-electron chi connectivity index (χ0n) is 3.54. The average Bonchev–Trinajstić information content (AvgIpc) is 1.35. The van der Waals surface area contributed by atoms with Crippen molar-refractivity contribution in [3.8, 4) is 0 Å². The van der Waals surface area contributed by atoms with Crippen LogP contribution in [-0.4, -0.2) is 14.4 Å². The Morgan fingerprint density at radius 3 is 2.17 bits per heavy atom. The van der Waals surface area contributed by atoms with E-state index in [0.717, 1.165) is 15.6 Å². The Kier molecular flexibility index (Phi) is 4.50. The first-order valence-corrected chi connectivity index (χ1v) is 4.28. The third-order valence-corrected chi connectivity index (χ3v) is 2.00. The predicted molar refractivity (Wildman–Crippen MR) is 31.9 cm³/mol. The Morgan fingerprint density at radius 1 is 1.67 bits per heavy atom. The first kappa shape index (κ1) is 6.80. The van der Waals surface area contributed by atoms with Gasteiger partial charge in [0.25, 0.3) is 0 Å². The van der Waals surface area contributed by atoms with Crippen molar-refractivity contribution in [3.63, 3.8) is 0 Å². The lowest BCUT2D eigenvalue weighted by atomic mass is 10.9. The van der Waals surface area contributed by atoms with Gasteiger partial charge in [-0.15, -0.1) is 23.2 Å². The zero-order chi connectivity index (χ0) is 4.99. The molecule has 0 amide bonds. The fourth-order valence-electron chi connectivity index (χ4n) is 0.154. The van der Waals surface area contributed by atoms with E-state index in [1.807, 2.05) is 0 Å². The van der Waals surface area contributed by atoms with Gasteiger partial charge in [-0.05, 0) is 6.04 Å². The van der Waals surface area contributed by atoms with Crippen LogP contribution >= 0.6 is 23.2 Å². The van der Waals surface area contributed by atoms with Gasteiger partial charge in [-0.25, -0.2) is 0 Å². The summed E-state index contributed by atoms with van der Waals surface area (Å²) in [5, 5.41) is 0. The van der Waals surface area contributed by atoms with Crippen LogP contribution in [-0.2, 0) is 0 Å². The molecule has 0 unspecified atom stereocenters. The van der Waals surface area contributed by atoms with E-state index in [2.05, 4.69) is 6.55 Å². The van der Waals surface area contributed by atoms with Crippen LogP contribution in [0.2, 0.25) is 12.6 Å². The Balaban J connectivity index is 2.63. The maximum absolute atomic E-state index is 5.35. The summed E-state index contributed by atoms with van der Waals surface area (Å²) in [5.74, 6) is 0. The Morgan fingerprint density at radius 2 is 2.17 bits per heavy atom. The van der Waals surface area contributed by atoms with Gasteiger partial charge in [0, 0.05) is 9.52 Å². The second kappa shape index (κ2) is 3.97. The summed E-state index contributed by atoms with van der Waals surface area (Å²) < 4.78 is 0. The Hall–Kier alpha value is 0.797. The highest BCUT2D eigenvalue weighted by Crippen LogP contribution is 2.05. The third-order valence-electron chi connectivity index (χ3n) is 0.358. The summed E-state index contributed by atoms with van der Waals surface area (Å²) in [6.07, 6.45) is 0. The molecule has 6 heavy (non-hydrogen) atoms. The van der Waals surface area contributed by atoms with Gasteiger partial charge in [0.1, 0.15) is 4.84 Å². The van der Waals surface area contributed by atoms with E-state index in [4.69, 9.17) is 23.2 Å². The molecule has 2 radical (unpaired) electrons. The minimum absolute atomic E-state index is 0.145. The fourth-order valence-corrected chi connectivity index (χ4v) is 1.39. The van der Waals surface area contributed by atoms with Crippen LogP contribution in [0.5, 0.6) is 0 Å². The van der Waals surface area contributed by atoms with Gasteiger partial charge in [0.2, 0.25) is 0 Å². The molecule has 0 nitrogen and oxygen atoms in total. The molecule has 0 rings (SSSR count). The van der Waals surface area contributed by atoms with Crippen molar-refractivity contribution in [3.05, 3.63) is 0 Å². The van der Waals surface area contributed by atoms with E-state index in [1.165, 1.54) is 0 Å². The summed E-state index contributed by atoms with van der Waals surface area (Å²) in [6, 6.07) is 0.934. The monoisotopic (exact) mass is 140 g/mol. The van der Waals surface area contributed by atoms with Gasteiger partial charge in [-0.1, -0.05) is 6.55 Å². The highest BCUT2D eigenvalue weighted by atomic mass is 35.5. The molecule has 36 valence electrons. The van der Waals surface area contributed by atoms with E-state index in [0.29, 0.717) is 0 Å². The average molecular weight is 141 g/mol. The van der Waals surface area contributed by atoms with Crippen molar-refractivity contribution in [2.24, 2.45) is 0 Å². The van der Waals surface area contributed by atoms with E-state index in [-0.39, 0.29) is 4.84 Å². The van der Waals surface area contributed by atoms with Crippen molar-refractivity contribution < 1.29 is 0 Å². The molecule has 0 saturated heterocycles. The van der Waals surface area contributed by atoms with Gasteiger partial charge in [0.15, 0.2) is 0 Å². The highest BCUT2D eigenvalue weighted by molar-refractivity contribution is 6.49. The number of alkyl halides is 2. The molecule has 0 saturated carbocycles. The summed E-state index contributed by atoms with van der Waals surface area (Å²) >= 11 is 10.7. The second-order valence-electron chi connectivity index (χ2n) is 0.949. The molecule has 0 aromatic rings. The molecule has 0 aliphatic rings. The fraction of sp³-hybridized carbons (Fsp3) is 1.00. The molecular weight excluding hydrogens is 135 g/mol. The molecule has 0 atom stereocenters. The number of hydrogen-bond acceptors (Lipinski definition) is 0. The molecule has 0 bridgehead atoms. The largest absolute Gasteiger partial charge is 0.106 e. The van der Waals surface area contributed by atoms with E-state index < -0.39 is 0 Å². The summed E-state index contributed by atoms with van der Waals surface area (Å²) in [6.45, 7) is 2.08. The smallest absolute Gasteiger partial charge is 0.105 e. The van der Waals surface area contributed by atoms with Crippen LogP contribution in [0, 0.1) is 0 Å². The molecule has 0 aliphatic carbocycles. The molecule has 0 N–H and O–H groups in total. The standard InChI is InChI=1S/C3H6Cl2Si/c1-6-2-3(4)5/h3H,2H2,1H3. The van der Waals surface area contributed by atoms with Crippen LogP contribution in [0.1, 0.15) is 0 Å². The first-order chi connectivity index (χ1) is 2.77. The molecule has 3 heteroatoms.